The van der Waals surface area contributed by atoms with Crippen LogP contribution in [0.1, 0.15) is 25.7 Å². The van der Waals surface area contributed by atoms with Crippen molar-refractivity contribution in [1.29, 1.82) is 0 Å². The number of carbonyl (C=O) groups excluding carboxylic acids is 2. The lowest BCUT2D eigenvalue weighted by Crippen LogP contribution is -2.37. The molecule has 174 valence electrons. The van der Waals surface area contributed by atoms with Gasteiger partial charge in [0, 0.05) is 59.9 Å². The number of likely N-dealkylation sites (N-methyl/N-ethyl adjacent to an activating group) is 2. The number of thioether (sulfide) groups is 2. The van der Waals surface area contributed by atoms with Crippen LogP contribution in [0.3, 0.4) is 0 Å². The Morgan fingerprint density at radius 1 is 0.688 bits per heavy atom. The van der Waals surface area contributed by atoms with E-state index in [4.69, 9.17) is 23.2 Å². The Balaban J connectivity index is 1.55. The molecule has 0 aliphatic carbocycles. The summed E-state index contributed by atoms with van der Waals surface area (Å²) in [4.78, 5) is 30.4. The van der Waals surface area contributed by atoms with Crippen LogP contribution in [0.25, 0.3) is 0 Å². The number of carbonyl (C=O) groups is 2. The molecule has 0 heterocycles. The summed E-state index contributed by atoms with van der Waals surface area (Å²) < 4.78 is 0. The summed E-state index contributed by atoms with van der Waals surface area (Å²) in [7, 11) is 3.60. The highest BCUT2D eigenvalue weighted by Gasteiger charge is 2.12. The van der Waals surface area contributed by atoms with E-state index in [1.807, 2.05) is 48.5 Å². The van der Waals surface area contributed by atoms with Crippen LogP contribution in [0.4, 0.5) is 0 Å². The molecule has 0 bridgehead atoms. The number of hydrogen-bond acceptors (Lipinski definition) is 4. The van der Waals surface area contributed by atoms with Crippen LogP contribution >= 0.6 is 46.7 Å². The lowest BCUT2D eigenvalue weighted by Gasteiger charge is -2.22. The molecule has 2 rings (SSSR count). The Bertz CT molecular complexity index is 777. The second-order valence-corrected chi connectivity index (χ2v) is 10.7. The minimum absolute atomic E-state index is 0.113. The first-order valence-electron chi connectivity index (χ1n) is 10.6. The number of amides is 2. The van der Waals surface area contributed by atoms with Crippen LogP contribution in [0.2, 0.25) is 10.0 Å². The van der Waals surface area contributed by atoms with Gasteiger partial charge in [-0.1, -0.05) is 23.2 Å². The molecule has 0 radical (unpaired) electrons. The minimum Gasteiger partial charge on any atom is -0.344 e. The summed E-state index contributed by atoms with van der Waals surface area (Å²) in [6, 6.07) is 15.5. The van der Waals surface area contributed by atoms with Gasteiger partial charge in [-0.15, -0.1) is 23.5 Å². The van der Waals surface area contributed by atoms with Crippen molar-refractivity contribution in [2.45, 2.75) is 35.5 Å². The van der Waals surface area contributed by atoms with Gasteiger partial charge >= 0.3 is 0 Å². The van der Waals surface area contributed by atoms with Gasteiger partial charge in [-0.05, 0) is 72.9 Å². The molecule has 32 heavy (non-hydrogen) atoms. The molecule has 8 heteroatoms. The Morgan fingerprint density at radius 3 is 1.38 bits per heavy atom. The van der Waals surface area contributed by atoms with E-state index in [1.54, 1.807) is 47.4 Å². The third-order valence-electron chi connectivity index (χ3n) is 4.86. The van der Waals surface area contributed by atoms with Crippen LogP contribution in [0, 0.1) is 0 Å². The molecule has 0 unspecified atom stereocenters. The van der Waals surface area contributed by atoms with Crippen LogP contribution in [-0.2, 0) is 9.59 Å². The molecule has 0 fully saturated rings. The highest BCUT2D eigenvalue weighted by atomic mass is 35.5. The predicted octanol–water partition coefficient (Wildman–Crippen LogP) is 6.36. The Morgan fingerprint density at radius 2 is 1.03 bits per heavy atom. The topological polar surface area (TPSA) is 40.6 Å². The second kappa shape index (κ2) is 14.7. The fourth-order valence-corrected chi connectivity index (χ4v) is 4.78. The largest absolute Gasteiger partial charge is 0.344 e. The molecule has 0 aliphatic rings. The molecule has 2 aromatic rings. The molecular formula is C24H30Cl2N2O2S2. The van der Waals surface area contributed by atoms with Crippen LogP contribution < -0.4 is 0 Å². The van der Waals surface area contributed by atoms with E-state index < -0.39 is 0 Å². The number of rotatable bonds is 13. The average molecular weight is 514 g/mol. The van der Waals surface area contributed by atoms with Crippen molar-refractivity contribution in [2.24, 2.45) is 0 Å². The zero-order valence-electron chi connectivity index (χ0n) is 18.6. The molecule has 0 aliphatic heterocycles. The number of nitrogens with zero attached hydrogens (tertiary/aromatic N) is 2. The Hall–Kier alpha value is -1.34. The van der Waals surface area contributed by atoms with Crippen molar-refractivity contribution < 1.29 is 9.59 Å². The summed E-state index contributed by atoms with van der Waals surface area (Å²) in [6.45, 7) is 1.09. The van der Waals surface area contributed by atoms with E-state index >= 15 is 0 Å². The summed E-state index contributed by atoms with van der Waals surface area (Å²) in [5.74, 6) is 1.99. The number of halogens is 2. The van der Waals surface area contributed by atoms with Gasteiger partial charge in [0.1, 0.15) is 0 Å². The molecule has 2 aromatic carbocycles. The van der Waals surface area contributed by atoms with Gasteiger partial charge in [-0.25, -0.2) is 0 Å². The first-order valence-corrected chi connectivity index (χ1v) is 13.3. The Labute approximate surface area is 210 Å². The van der Waals surface area contributed by atoms with E-state index in [0.717, 1.165) is 44.2 Å². The maximum Gasteiger partial charge on any atom is 0.222 e. The zero-order chi connectivity index (χ0) is 23.3. The summed E-state index contributed by atoms with van der Waals surface area (Å²) in [5.41, 5.74) is 0. The van der Waals surface area contributed by atoms with E-state index in [1.165, 1.54) is 0 Å². The lowest BCUT2D eigenvalue weighted by molar-refractivity contribution is -0.133. The molecule has 0 N–H and O–H groups in total. The first-order chi connectivity index (χ1) is 15.3. The molecule has 0 saturated carbocycles. The van der Waals surface area contributed by atoms with E-state index in [0.29, 0.717) is 25.9 Å². The standard InChI is InChI=1S/C24H30Cl2N2O2S2/c1-27(23(29)5-3-17-31-21-11-7-19(25)8-12-21)15-16-28(2)24(30)6-4-18-32-22-13-9-20(26)10-14-22/h7-14H,3-6,15-18H2,1-2H3. The summed E-state index contributed by atoms with van der Waals surface area (Å²) in [5, 5.41) is 1.46. The summed E-state index contributed by atoms with van der Waals surface area (Å²) in [6.07, 6.45) is 2.65. The van der Waals surface area contributed by atoms with Crippen LogP contribution in [0.15, 0.2) is 58.3 Å². The molecule has 0 saturated heterocycles. The number of benzene rings is 2. The zero-order valence-corrected chi connectivity index (χ0v) is 21.7. The number of hydrogen-bond donors (Lipinski definition) is 0. The maximum atomic E-state index is 12.3. The molecule has 0 spiro atoms. The van der Waals surface area contributed by atoms with Gasteiger partial charge in [-0.2, -0.15) is 0 Å². The molecule has 2 amide bonds. The molecule has 0 atom stereocenters. The molecular weight excluding hydrogens is 483 g/mol. The fraction of sp³-hybridized carbons (Fsp3) is 0.417. The Kier molecular flexibility index (Phi) is 12.4. The van der Waals surface area contributed by atoms with E-state index in [-0.39, 0.29) is 11.8 Å². The summed E-state index contributed by atoms with van der Waals surface area (Å²) >= 11 is 15.2. The highest BCUT2D eigenvalue weighted by Crippen LogP contribution is 2.22. The van der Waals surface area contributed by atoms with Gasteiger partial charge in [0.2, 0.25) is 11.8 Å². The third-order valence-corrected chi connectivity index (χ3v) is 7.56. The molecule has 0 aromatic heterocycles. The lowest BCUT2D eigenvalue weighted by atomic mass is 10.3. The SMILES string of the molecule is CN(CCN(C)C(=O)CCCSc1ccc(Cl)cc1)C(=O)CCCSc1ccc(Cl)cc1. The van der Waals surface area contributed by atoms with Crippen LogP contribution in [0.5, 0.6) is 0 Å². The van der Waals surface area contributed by atoms with Gasteiger partial charge in [0.25, 0.3) is 0 Å². The van der Waals surface area contributed by atoms with Gasteiger partial charge in [-0.3, -0.25) is 9.59 Å². The van der Waals surface area contributed by atoms with Crippen molar-refractivity contribution in [3.63, 3.8) is 0 Å². The van der Waals surface area contributed by atoms with Crippen molar-refractivity contribution in [2.75, 3.05) is 38.7 Å². The normalized spacial score (nSPS) is 10.8. The van der Waals surface area contributed by atoms with Crippen molar-refractivity contribution in [3.05, 3.63) is 58.6 Å². The second-order valence-electron chi connectivity index (χ2n) is 7.44. The molecule has 4 nitrogen and oxygen atoms in total. The minimum atomic E-state index is 0.113. The fourth-order valence-electron chi connectivity index (χ4n) is 2.82. The smallest absolute Gasteiger partial charge is 0.222 e. The maximum absolute atomic E-state index is 12.3. The van der Waals surface area contributed by atoms with Gasteiger partial charge in [0.05, 0.1) is 0 Å². The van der Waals surface area contributed by atoms with Crippen molar-refractivity contribution in [3.8, 4) is 0 Å². The van der Waals surface area contributed by atoms with E-state index in [2.05, 4.69) is 0 Å². The average Bonchev–Trinajstić information content (AvgIpc) is 2.79. The van der Waals surface area contributed by atoms with Crippen LogP contribution in [-0.4, -0.2) is 60.3 Å². The predicted molar refractivity (Wildman–Crippen MR) is 138 cm³/mol. The van der Waals surface area contributed by atoms with Gasteiger partial charge < -0.3 is 9.80 Å². The monoisotopic (exact) mass is 512 g/mol. The quantitative estimate of drug-likeness (QED) is 0.231. The van der Waals surface area contributed by atoms with Crippen molar-refractivity contribution >= 4 is 58.5 Å². The third kappa shape index (κ3) is 10.5. The van der Waals surface area contributed by atoms with Crippen molar-refractivity contribution in [1.82, 2.24) is 9.80 Å². The van der Waals surface area contributed by atoms with Gasteiger partial charge in [0.15, 0.2) is 0 Å². The highest BCUT2D eigenvalue weighted by molar-refractivity contribution is 7.99. The first kappa shape index (κ1) is 26.9. The van der Waals surface area contributed by atoms with E-state index in [9.17, 15) is 9.59 Å².